The standard InChI is InChI=1S/C24H36N4.C10H24N4/c1-3-9-23(10-4-1)21-25-13-7-15-27-17-19-28(20-18-27)16-8-14-26-22-24-11-5-2-6-12-24;11-3-1-5-13-7-9-14(10-8-13)6-2-4-12/h1-6,9-12,25-26H,7-8,13-22H2;1-12H2. The molecule has 0 unspecified atom stereocenters. The predicted molar refractivity (Wildman–Crippen MR) is 179 cm³/mol. The zero-order chi connectivity index (χ0) is 29.5. The molecule has 0 radical (unpaired) electrons. The number of hydrogen-bond donors (Lipinski definition) is 4. The average molecular weight is 581 g/mol. The number of piperazine rings is 2. The summed E-state index contributed by atoms with van der Waals surface area (Å²) in [5, 5.41) is 7.12. The van der Waals surface area contributed by atoms with Gasteiger partial charge in [0.2, 0.25) is 0 Å². The molecule has 2 aromatic rings. The van der Waals surface area contributed by atoms with E-state index in [1.807, 2.05) is 0 Å². The van der Waals surface area contributed by atoms with Crippen LogP contribution >= 0.6 is 0 Å². The van der Waals surface area contributed by atoms with Crippen LogP contribution in [0.15, 0.2) is 60.7 Å². The first kappa shape index (κ1) is 34.6. The fraction of sp³-hybridized carbons (Fsp3) is 0.647. The molecule has 0 amide bonds. The highest BCUT2D eigenvalue weighted by Gasteiger charge is 2.16. The molecule has 0 spiro atoms. The first-order valence-corrected chi connectivity index (χ1v) is 16.6. The van der Waals surface area contributed by atoms with E-state index in [0.29, 0.717) is 0 Å². The minimum Gasteiger partial charge on any atom is -0.330 e. The highest BCUT2D eigenvalue weighted by Crippen LogP contribution is 2.05. The molecule has 2 aromatic carbocycles. The Morgan fingerprint density at radius 3 is 1.07 bits per heavy atom. The molecule has 2 fully saturated rings. The van der Waals surface area contributed by atoms with Gasteiger partial charge in [-0.2, -0.15) is 0 Å². The molecule has 42 heavy (non-hydrogen) atoms. The van der Waals surface area contributed by atoms with E-state index in [9.17, 15) is 0 Å². The third-order valence-electron chi connectivity index (χ3n) is 8.29. The van der Waals surface area contributed by atoms with Crippen molar-refractivity contribution in [2.75, 3.05) is 105 Å². The van der Waals surface area contributed by atoms with Crippen LogP contribution < -0.4 is 22.1 Å². The fourth-order valence-corrected chi connectivity index (χ4v) is 5.62. The van der Waals surface area contributed by atoms with Crippen LogP contribution in [0, 0.1) is 0 Å². The molecule has 0 bridgehead atoms. The molecule has 0 aromatic heterocycles. The fourth-order valence-electron chi connectivity index (χ4n) is 5.62. The summed E-state index contributed by atoms with van der Waals surface area (Å²) < 4.78 is 0. The maximum atomic E-state index is 5.49. The van der Waals surface area contributed by atoms with Crippen LogP contribution in [0.1, 0.15) is 36.8 Å². The van der Waals surface area contributed by atoms with E-state index in [-0.39, 0.29) is 0 Å². The number of hydrogen-bond acceptors (Lipinski definition) is 8. The Morgan fingerprint density at radius 2 is 0.762 bits per heavy atom. The van der Waals surface area contributed by atoms with E-state index in [1.54, 1.807) is 0 Å². The maximum absolute atomic E-state index is 5.49. The zero-order valence-electron chi connectivity index (χ0n) is 26.3. The van der Waals surface area contributed by atoms with Gasteiger partial charge in [-0.15, -0.1) is 0 Å². The van der Waals surface area contributed by atoms with Crippen LogP contribution in [-0.4, -0.2) is 124 Å². The molecule has 2 heterocycles. The first-order valence-electron chi connectivity index (χ1n) is 16.6. The Balaban J connectivity index is 0.000000291. The smallest absolute Gasteiger partial charge is 0.0205 e. The molecule has 236 valence electrons. The van der Waals surface area contributed by atoms with Crippen molar-refractivity contribution in [3.63, 3.8) is 0 Å². The first-order chi connectivity index (χ1) is 20.8. The van der Waals surface area contributed by atoms with E-state index in [0.717, 1.165) is 52.1 Å². The molecular formula is C34H60N8. The topological polar surface area (TPSA) is 89.1 Å². The quantitative estimate of drug-likeness (QED) is 0.200. The van der Waals surface area contributed by atoms with Crippen LogP contribution in [0.3, 0.4) is 0 Å². The van der Waals surface area contributed by atoms with Gasteiger partial charge >= 0.3 is 0 Å². The molecule has 4 rings (SSSR count). The lowest BCUT2D eigenvalue weighted by molar-refractivity contribution is 0.130. The van der Waals surface area contributed by atoms with Crippen LogP contribution in [0.4, 0.5) is 0 Å². The van der Waals surface area contributed by atoms with E-state index in [2.05, 4.69) is 90.9 Å². The summed E-state index contributed by atoms with van der Waals surface area (Å²) in [5.74, 6) is 0. The number of benzene rings is 2. The van der Waals surface area contributed by atoms with E-state index in [4.69, 9.17) is 11.5 Å². The lowest BCUT2D eigenvalue weighted by Gasteiger charge is -2.34. The molecule has 2 aliphatic heterocycles. The van der Waals surface area contributed by atoms with Crippen molar-refractivity contribution in [3.8, 4) is 0 Å². The van der Waals surface area contributed by atoms with Crippen molar-refractivity contribution < 1.29 is 0 Å². The third-order valence-corrected chi connectivity index (χ3v) is 8.29. The largest absolute Gasteiger partial charge is 0.330 e. The van der Waals surface area contributed by atoms with E-state index >= 15 is 0 Å². The van der Waals surface area contributed by atoms with E-state index in [1.165, 1.54) is 103 Å². The Kier molecular flexibility index (Phi) is 18.6. The van der Waals surface area contributed by atoms with Crippen molar-refractivity contribution in [1.82, 2.24) is 30.2 Å². The number of nitrogens with zero attached hydrogens (tertiary/aromatic N) is 4. The Hall–Kier alpha value is -1.88. The number of rotatable bonds is 18. The monoisotopic (exact) mass is 580 g/mol. The second kappa shape index (κ2) is 22.6. The molecule has 8 heteroatoms. The number of nitrogens with one attached hydrogen (secondary N) is 2. The molecule has 2 saturated heterocycles. The van der Waals surface area contributed by atoms with Crippen LogP contribution in [-0.2, 0) is 13.1 Å². The summed E-state index contributed by atoms with van der Waals surface area (Å²) in [7, 11) is 0. The van der Waals surface area contributed by atoms with Gasteiger partial charge in [-0.3, -0.25) is 0 Å². The van der Waals surface area contributed by atoms with Gasteiger partial charge in [0.1, 0.15) is 0 Å². The van der Waals surface area contributed by atoms with Crippen molar-refractivity contribution in [3.05, 3.63) is 71.8 Å². The Bertz CT molecular complexity index is 794. The molecule has 8 nitrogen and oxygen atoms in total. The van der Waals surface area contributed by atoms with Crippen molar-refractivity contribution in [2.45, 2.75) is 38.8 Å². The normalized spacial score (nSPS) is 17.2. The number of nitrogens with two attached hydrogens (primary N) is 2. The minimum absolute atomic E-state index is 0.813. The summed E-state index contributed by atoms with van der Waals surface area (Å²) in [6, 6.07) is 21.3. The van der Waals surface area contributed by atoms with Gasteiger partial charge in [-0.25, -0.2) is 0 Å². The van der Waals surface area contributed by atoms with Gasteiger partial charge in [0.15, 0.2) is 0 Å². The third kappa shape index (κ3) is 15.5. The summed E-state index contributed by atoms with van der Waals surface area (Å²) in [5.41, 5.74) is 13.7. The van der Waals surface area contributed by atoms with E-state index < -0.39 is 0 Å². The molecule has 0 aliphatic carbocycles. The summed E-state index contributed by atoms with van der Waals surface area (Å²) >= 11 is 0. The molecule has 6 N–H and O–H groups in total. The lowest BCUT2D eigenvalue weighted by atomic mass is 10.2. The van der Waals surface area contributed by atoms with Crippen molar-refractivity contribution in [1.29, 1.82) is 0 Å². The lowest BCUT2D eigenvalue weighted by Crippen LogP contribution is -2.47. The molecule has 0 saturated carbocycles. The van der Waals surface area contributed by atoms with Crippen LogP contribution in [0.5, 0.6) is 0 Å². The Labute approximate surface area is 256 Å². The van der Waals surface area contributed by atoms with Crippen molar-refractivity contribution in [2.24, 2.45) is 11.5 Å². The van der Waals surface area contributed by atoms with Gasteiger partial charge in [0.05, 0.1) is 0 Å². The second-order valence-electron chi connectivity index (χ2n) is 11.7. The molecule has 0 atom stereocenters. The van der Waals surface area contributed by atoms with Gasteiger partial charge in [-0.05, 0) is 89.2 Å². The SMILES string of the molecule is NCCCN1CCN(CCCN)CC1.c1ccc(CNCCCN2CCN(CCCNCc3ccccc3)CC2)cc1. The summed E-state index contributed by atoms with van der Waals surface area (Å²) in [6.45, 7) is 20.2. The highest BCUT2D eigenvalue weighted by molar-refractivity contribution is 5.14. The Morgan fingerprint density at radius 1 is 0.452 bits per heavy atom. The van der Waals surface area contributed by atoms with Gasteiger partial charge < -0.3 is 41.7 Å². The van der Waals surface area contributed by atoms with Gasteiger partial charge in [0.25, 0.3) is 0 Å². The van der Waals surface area contributed by atoms with Crippen LogP contribution in [0.25, 0.3) is 0 Å². The van der Waals surface area contributed by atoms with Gasteiger partial charge in [0, 0.05) is 65.4 Å². The predicted octanol–water partition coefficient (Wildman–Crippen LogP) is 2.27. The van der Waals surface area contributed by atoms with Gasteiger partial charge in [-0.1, -0.05) is 60.7 Å². The highest BCUT2D eigenvalue weighted by atomic mass is 15.3. The molecular weight excluding hydrogens is 520 g/mol. The van der Waals surface area contributed by atoms with Crippen LogP contribution in [0.2, 0.25) is 0 Å². The summed E-state index contributed by atoms with van der Waals surface area (Å²) in [4.78, 5) is 10.3. The minimum atomic E-state index is 0.813. The van der Waals surface area contributed by atoms with Crippen molar-refractivity contribution >= 4 is 0 Å². The second-order valence-corrected chi connectivity index (χ2v) is 11.7. The zero-order valence-corrected chi connectivity index (χ0v) is 26.3. The maximum Gasteiger partial charge on any atom is 0.0205 e. The molecule has 2 aliphatic rings. The average Bonchev–Trinajstić information content (AvgIpc) is 3.05. The summed E-state index contributed by atoms with van der Waals surface area (Å²) in [6.07, 6.45) is 4.72.